The first-order chi connectivity index (χ1) is 16.7. The zero-order chi connectivity index (χ0) is 23.3. The molecule has 0 N–H and O–H groups in total. The van der Waals surface area contributed by atoms with Crippen molar-refractivity contribution in [2.24, 2.45) is 0 Å². The van der Waals surface area contributed by atoms with Gasteiger partial charge in [-0.2, -0.15) is 9.90 Å². The lowest BCUT2D eigenvalue weighted by Gasteiger charge is -2.08. The quantitative estimate of drug-likeness (QED) is 0.183. The maximum atomic E-state index is 10.9. The highest BCUT2D eigenvalue weighted by atomic mass is 32.2. The van der Waals surface area contributed by atoms with E-state index in [1.54, 1.807) is 30.1 Å². The Hall–Kier alpha value is -4.31. The van der Waals surface area contributed by atoms with Crippen LogP contribution in [0.25, 0.3) is 17.1 Å². The van der Waals surface area contributed by atoms with Gasteiger partial charge >= 0.3 is 0 Å². The molecule has 2 aromatic heterocycles. The van der Waals surface area contributed by atoms with Gasteiger partial charge in [0.05, 0.1) is 28.9 Å². The van der Waals surface area contributed by atoms with Crippen LogP contribution in [-0.4, -0.2) is 34.9 Å². The Kier molecular flexibility index (Phi) is 6.13. The minimum Gasteiger partial charge on any atom is -0.258 e. The highest BCUT2D eigenvalue weighted by Crippen LogP contribution is 2.33. The van der Waals surface area contributed by atoms with Crippen molar-refractivity contribution in [1.82, 2.24) is 30.0 Å². The number of rotatable bonds is 8. The number of benzene rings is 3. The molecule has 0 radical (unpaired) electrons. The van der Waals surface area contributed by atoms with Crippen molar-refractivity contribution in [2.75, 3.05) is 0 Å². The van der Waals surface area contributed by atoms with Gasteiger partial charge in [0.15, 0.2) is 0 Å². The van der Waals surface area contributed by atoms with Crippen LogP contribution in [0.5, 0.6) is 0 Å². The lowest BCUT2D eigenvalue weighted by molar-refractivity contribution is -0.384. The Morgan fingerprint density at radius 2 is 1.59 bits per heavy atom. The van der Waals surface area contributed by atoms with Crippen LogP contribution in [-0.2, 0) is 12.3 Å². The summed E-state index contributed by atoms with van der Waals surface area (Å²) >= 11 is 1.66. The summed E-state index contributed by atoms with van der Waals surface area (Å²) in [5.74, 6) is 1.24. The molecule has 0 amide bonds. The minimum absolute atomic E-state index is 0.0457. The molecule has 9 nitrogen and oxygen atoms in total. The summed E-state index contributed by atoms with van der Waals surface area (Å²) in [5.41, 5.74) is 3.83. The molecule has 0 spiro atoms. The maximum absolute atomic E-state index is 10.9. The number of nitro groups is 1. The SMILES string of the molecule is O=[N+]([O-])c1ccc(Cn2nnc(-c3cnn(-c4ccccc4)c3SCc3ccccc3)n2)cc1. The molecule has 0 bridgehead atoms. The van der Waals surface area contributed by atoms with E-state index in [4.69, 9.17) is 0 Å². The monoisotopic (exact) mass is 469 g/mol. The summed E-state index contributed by atoms with van der Waals surface area (Å²) < 4.78 is 1.89. The van der Waals surface area contributed by atoms with Crippen molar-refractivity contribution < 1.29 is 4.92 Å². The second-order valence-corrected chi connectivity index (χ2v) is 8.42. The third-order valence-electron chi connectivity index (χ3n) is 5.11. The van der Waals surface area contributed by atoms with Crippen molar-refractivity contribution in [3.8, 4) is 17.1 Å². The summed E-state index contributed by atoms with van der Waals surface area (Å²) in [5, 5.41) is 29.4. The summed E-state index contributed by atoms with van der Waals surface area (Å²) in [6, 6.07) is 26.5. The van der Waals surface area contributed by atoms with E-state index in [9.17, 15) is 10.1 Å². The van der Waals surface area contributed by atoms with Gasteiger partial charge in [0.2, 0.25) is 5.82 Å². The first-order valence-electron chi connectivity index (χ1n) is 10.5. The number of aromatic nitrogens is 6. The standard InChI is InChI=1S/C24H19N7O2S/c32-31(33)21-13-11-18(12-14-21)16-29-27-23(26-28-29)22-15-25-30(20-9-5-2-6-10-20)24(22)34-17-19-7-3-1-4-8-19/h1-15H,16-17H2. The van der Waals surface area contributed by atoms with Crippen LogP contribution in [0, 0.1) is 10.1 Å². The summed E-state index contributed by atoms with van der Waals surface area (Å²) in [4.78, 5) is 11.9. The molecule has 34 heavy (non-hydrogen) atoms. The predicted molar refractivity (Wildman–Crippen MR) is 129 cm³/mol. The van der Waals surface area contributed by atoms with Crippen LogP contribution in [0.3, 0.4) is 0 Å². The lowest BCUT2D eigenvalue weighted by Crippen LogP contribution is -2.04. The van der Waals surface area contributed by atoms with E-state index >= 15 is 0 Å². The first-order valence-corrected chi connectivity index (χ1v) is 11.5. The van der Waals surface area contributed by atoms with Crippen molar-refractivity contribution in [2.45, 2.75) is 17.3 Å². The number of non-ortho nitro benzene ring substituents is 1. The van der Waals surface area contributed by atoms with Crippen LogP contribution in [0.1, 0.15) is 11.1 Å². The zero-order valence-electron chi connectivity index (χ0n) is 17.9. The van der Waals surface area contributed by atoms with Crippen molar-refractivity contribution in [1.29, 1.82) is 0 Å². The Morgan fingerprint density at radius 3 is 2.29 bits per heavy atom. The van der Waals surface area contributed by atoms with E-state index in [1.165, 1.54) is 22.5 Å². The molecule has 0 saturated carbocycles. The van der Waals surface area contributed by atoms with E-state index in [0.29, 0.717) is 12.4 Å². The van der Waals surface area contributed by atoms with E-state index in [2.05, 4.69) is 32.6 Å². The van der Waals surface area contributed by atoms with Gasteiger partial charge < -0.3 is 0 Å². The molecule has 0 saturated heterocycles. The number of thioether (sulfide) groups is 1. The minimum atomic E-state index is -0.422. The molecule has 0 aliphatic heterocycles. The van der Waals surface area contributed by atoms with Crippen LogP contribution in [0.4, 0.5) is 5.69 Å². The number of para-hydroxylation sites is 1. The molecule has 0 aliphatic carbocycles. The Morgan fingerprint density at radius 1 is 0.882 bits per heavy atom. The smallest absolute Gasteiger partial charge is 0.258 e. The van der Waals surface area contributed by atoms with Gasteiger partial charge in [0.1, 0.15) is 5.03 Å². The lowest BCUT2D eigenvalue weighted by atomic mass is 10.2. The van der Waals surface area contributed by atoms with Crippen LogP contribution < -0.4 is 0 Å². The average Bonchev–Trinajstić information content (AvgIpc) is 3.51. The summed E-state index contributed by atoms with van der Waals surface area (Å²) in [7, 11) is 0. The Bertz CT molecular complexity index is 1400. The van der Waals surface area contributed by atoms with Crippen molar-refractivity contribution in [3.63, 3.8) is 0 Å². The molecule has 0 aliphatic rings. The molecule has 0 fully saturated rings. The fraction of sp³-hybridized carbons (Fsp3) is 0.0833. The van der Waals surface area contributed by atoms with E-state index in [1.807, 2.05) is 53.2 Å². The van der Waals surface area contributed by atoms with Gasteiger partial charge in [-0.3, -0.25) is 10.1 Å². The number of hydrogen-bond donors (Lipinski definition) is 0. The van der Waals surface area contributed by atoms with E-state index < -0.39 is 4.92 Å². The fourth-order valence-corrected chi connectivity index (χ4v) is 4.48. The van der Waals surface area contributed by atoms with Gasteiger partial charge in [0, 0.05) is 17.9 Å². The molecule has 0 atom stereocenters. The molecule has 10 heteroatoms. The van der Waals surface area contributed by atoms with Crippen LogP contribution in [0.2, 0.25) is 0 Å². The largest absolute Gasteiger partial charge is 0.269 e. The molecule has 0 unspecified atom stereocenters. The summed E-state index contributed by atoms with van der Waals surface area (Å²) in [6.45, 7) is 0.351. The molecular formula is C24H19N7O2S. The average molecular weight is 470 g/mol. The summed E-state index contributed by atoms with van der Waals surface area (Å²) in [6.07, 6.45) is 1.76. The molecule has 3 aromatic carbocycles. The predicted octanol–water partition coefficient (Wildman–Crippen LogP) is 4.77. The van der Waals surface area contributed by atoms with Crippen molar-refractivity contribution in [3.05, 3.63) is 112 Å². The van der Waals surface area contributed by atoms with E-state index in [0.717, 1.165) is 27.6 Å². The number of nitrogens with zero attached hydrogens (tertiary/aromatic N) is 7. The number of hydrogen-bond acceptors (Lipinski definition) is 7. The van der Waals surface area contributed by atoms with Gasteiger partial charge in [-0.05, 0) is 28.5 Å². The number of tetrazole rings is 1. The van der Waals surface area contributed by atoms with E-state index in [-0.39, 0.29) is 5.69 Å². The van der Waals surface area contributed by atoms with Gasteiger partial charge in [0.25, 0.3) is 5.69 Å². The Labute approximate surface area is 199 Å². The van der Waals surface area contributed by atoms with Crippen LogP contribution >= 0.6 is 11.8 Å². The highest BCUT2D eigenvalue weighted by Gasteiger charge is 2.19. The highest BCUT2D eigenvalue weighted by molar-refractivity contribution is 7.98. The van der Waals surface area contributed by atoms with Crippen molar-refractivity contribution >= 4 is 17.4 Å². The van der Waals surface area contributed by atoms with Gasteiger partial charge in [-0.1, -0.05) is 60.7 Å². The molecule has 168 valence electrons. The number of nitro benzene ring substituents is 1. The molecule has 2 heterocycles. The first kappa shape index (κ1) is 21.5. The second kappa shape index (κ2) is 9.67. The third-order valence-corrected chi connectivity index (χ3v) is 6.25. The van der Waals surface area contributed by atoms with Crippen LogP contribution in [0.15, 0.2) is 96.2 Å². The third kappa shape index (κ3) is 4.71. The topological polar surface area (TPSA) is 105 Å². The van der Waals surface area contributed by atoms with Gasteiger partial charge in [-0.15, -0.1) is 22.0 Å². The molecule has 5 rings (SSSR count). The molecular weight excluding hydrogens is 450 g/mol. The van der Waals surface area contributed by atoms with Gasteiger partial charge in [-0.25, -0.2) is 4.68 Å². The Balaban J connectivity index is 1.43. The zero-order valence-corrected chi connectivity index (χ0v) is 18.7. The molecule has 5 aromatic rings. The normalized spacial score (nSPS) is 10.9. The maximum Gasteiger partial charge on any atom is 0.269 e. The fourth-order valence-electron chi connectivity index (χ4n) is 3.41. The second-order valence-electron chi connectivity index (χ2n) is 7.45.